The van der Waals surface area contributed by atoms with Gasteiger partial charge in [0, 0.05) is 19.4 Å². The first-order chi connectivity index (χ1) is 11.7. The highest BCUT2D eigenvalue weighted by atomic mass is 16.5. The molecule has 0 radical (unpaired) electrons. The highest BCUT2D eigenvalue weighted by Gasteiger charge is 2.32. The van der Waals surface area contributed by atoms with Crippen LogP contribution in [0, 0.1) is 0 Å². The number of aryl methyl sites for hydroxylation is 1. The van der Waals surface area contributed by atoms with E-state index in [1.54, 1.807) is 23.3 Å². The normalized spacial score (nSPS) is 20.4. The van der Waals surface area contributed by atoms with Gasteiger partial charge in [-0.2, -0.15) is 5.10 Å². The van der Waals surface area contributed by atoms with E-state index < -0.39 is 0 Å². The molecular formula is C16H17N5O3. The molecule has 4 heterocycles. The van der Waals surface area contributed by atoms with Crippen molar-refractivity contribution in [1.82, 2.24) is 24.5 Å². The molecule has 1 N–H and O–H groups in total. The van der Waals surface area contributed by atoms with Crippen LogP contribution in [-0.2, 0) is 11.8 Å². The van der Waals surface area contributed by atoms with Crippen molar-refractivity contribution < 1.29 is 14.3 Å². The molecule has 1 saturated heterocycles. The first-order valence-corrected chi connectivity index (χ1v) is 7.67. The van der Waals surface area contributed by atoms with Crippen LogP contribution in [0.25, 0.3) is 5.65 Å². The molecule has 0 bridgehead atoms. The predicted octanol–water partition coefficient (Wildman–Crippen LogP) is 0.644. The van der Waals surface area contributed by atoms with Crippen LogP contribution in [0.4, 0.5) is 0 Å². The number of ether oxygens (including phenoxy) is 2. The van der Waals surface area contributed by atoms with Crippen LogP contribution in [0.5, 0.6) is 5.75 Å². The highest BCUT2D eigenvalue weighted by molar-refractivity contribution is 5.93. The van der Waals surface area contributed by atoms with E-state index in [0.717, 1.165) is 5.65 Å². The Bertz CT molecular complexity index is 838. The lowest BCUT2D eigenvalue weighted by atomic mass is 10.2. The maximum atomic E-state index is 12.5. The van der Waals surface area contributed by atoms with Crippen molar-refractivity contribution in [3.05, 3.63) is 48.7 Å². The summed E-state index contributed by atoms with van der Waals surface area (Å²) in [6, 6.07) is 5.39. The molecule has 0 aliphatic carbocycles. The van der Waals surface area contributed by atoms with Crippen LogP contribution in [0.1, 0.15) is 10.5 Å². The Hall–Kier alpha value is -2.87. The van der Waals surface area contributed by atoms with E-state index in [1.165, 1.54) is 0 Å². The van der Waals surface area contributed by atoms with E-state index in [2.05, 4.69) is 15.4 Å². The molecule has 8 nitrogen and oxygen atoms in total. The molecule has 8 heteroatoms. The minimum absolute atomic E-state index is 0.234. The molecule has 1 fully saturated rings. The third-order valence-electron chi connectivity index (χ3n) is 3.91. The number of nitrogens with zero attached hydrogens (tertiary/aromatic N) is 4. The summed E-state index contributed by atoms with van der Waals surface area (Å²) in [5.74, 6) is 0.411. The van der Waals surface area contributed by atoms with Crippen molar-refractivity contribution in [3.8, 4) is 5.75 Å². The van der Waals surface area contributed by atoms with Gasteiger partial charge in [-0.25, -0.2) is 4.98 Å². The Labute approximate surface area is 138 Å². The number of carbonyl (C=O) groups is 1. The highest BCUT2D eigenvalue weighted by Crippen LogP contribution is 2.16. The molecule has 3 aromatic rings. The molecule has 4 rings (SSSR count). The van der Waals surface area contributed by atoms with Crippen LogP contribution in [-0.4, -0.2) is 50.4 Å². The lowest BCUT2D eigenvalue weighted by Gasteiger charge is -2.19. The van der Waals surface area contributed by atoms with Gasteiger partial charge in [-0.15, -0.1) is 0 Å². The summed E-state index contributed by atoms with van der Waals surface area (Å²) in [5, 5.41) is 7.01. The third kappa shape index (κ3) is 2.83. The zero-order valence-electron chi connectivity index (χ0n) is 13.1. The zero-order valence-corrected chi connectivity index (χ0v) is 13.1. The average molecular weight is 327 g/mol. The monoisotopic (exact) mass is 327 g/mol. The lowest BCUT2D eigenvalue weighted by Crippen LogP contribution is -2.45. The second-order valence-corrected chi connectivity index (χ2v) is 5.72. The van der Waals surface area contributed by atoms with Gasteiger partial charge in [-0.1, -0.05) is 6.07 Å². The summed E-state index contributed by atoms with van der Waals surface area (Å²) in [4.78, 5) is 16.8. The average Bonchev–Trinajstić information content (AvgIpc) is 3.28. The fourth-order valence-corrected chi connectivity index (χ4v) is 2.71. The van der Waals surface area contributed by atoms with Crippen molar-refractivity contribution in [2.45, 2.75) is 12.1 Å². The molecule has 2 atom stereocenters. The number of aromatic nitrogens is 4. The molecule has 1 aliphatic heterocycles. The van der Waals surface area contributed by atoms with Gasteiger partial charge in [-0.3, -0.25) is 9.48 Å². The van der Waals surface area contributed by atoms with E-state index >= 15 is 0 Å². The Balaban J connectivity index is 1.45. The fourth-order valence-electron chi connectivity index (χ4n) is 2.71. The summed E-state index contributed by atoms with van der Waals surface area (Å²) in [6.45, 7) is 0.828. The summed E-state index contributed by atoms with van der Waals surface area (Å²) in [7, 11) is 1.82. The molecule has 124 valence electrons. The Kier molecular flexibility index (Phi) is 3.66. The molecule has 1 aliphatic rings. The number of fused-ring (bicyclic) bond motifs is 1. The Morgan fingerprint density at radius 2 is 2.29 bits per heavy atom. The molecule has 3 aromatic heterocycles. The Morgan fingerprint density at radius 3 is 3.08 bits per heavy atom. The molecule has 0 saturated carbocycles. The van der Waals surface area contributed by atoms with Crippen molar-refractivity contribution in [2.24, 2.45) is 7.05 Å². The number of hydrogen-bond acceptors (Lipinski definition) is 5. The summed E-state index contributed by atoms with van der Waals surface area (Å²) >= 11 is 0. The number of hydrogen-bond donors (Lipinski definition) is 1. The first-order valence-electron chi connectivity index (χ1n) is 7.67. The van der Waals surface area contributed by atoms with Gasteiger partial charge in [0.2, 0.25) is 0 Å². The van der Waals surface area contributed by atoms with Gasteiger partial charge in [0.1, 0.15) is 17.4 Å². The second kappa shape index (κ2) is 5.97. The predicted molar refractivity (Wildman–Crippen MR) is 84.9 cm³/mol. The first kappa shape index (κ1) is 14.7. The quantitative estimate of drug-likeness (QED) is 0.760. The summed E-state index contributed by atoms with van der Waals surface area (Å²) < 4.78 is 14.8. The van der Waals surface area contributed by atoms with E-state index in [1.807, 2.05) is 35.8 Å². The lowest BCUT2D eigenvalue weighted by molar-refractivity contribution is 0.0899. The molecule has 24 heavy (non-hydrogen) atoms. The van der Waals surface area contributed by atoms with Gasteiger partial charge in [0.05, 0.1) is 31.6 Å². The van der Waals surface area contributed by atoms with Crippen molar-refractivity contribution in [3.63, 3.8) is 0 Å². The maximum Gasteiger partial charge on any atom is 0.271 e. The molecule has 0 unspecified atom stereocenters. The molecule has 1 amide bonds. The van der Waals surface area contributed by atoms with E-state index in [4.69, 9.17) is 9.47 Å². The van der Waals surface area contributed by atoms with Gasteiger partial charge in [0.15, 0.2) is 5.75 Å². The van der Waals surface area contributed by atoms with Gasteiger partial charge in [0.25, 0.3) is 5.91 Å². The summed E-state index contributed by atoms with van der Waals surface area (Å²) in [5.41, 5.74) is 1.10. The van der Waals surface area contributed by atoms with Gasteiger partial charge < -0.3 is 19.2 Å². The number of amides is 1. The molecule has 0 aromatic carbocycles. The van der Waals surface area contributed by atoms with Crippen molar-refractivity contribution in [1.29, 1.82) is 0 Å². The van der Waals surface area contributed by atoms with E-state index in [0.29, 0.717) is 24.7 Å². The number of nitrogens with one attached hydrogen (secondary N) is 1. The smallest absolute Gasteiger partial charge is 0.271 e. The fraction of sp³-hybridized carbons (Fsp3) is 0.312. The van der Waals surface area contributed by atoms with Crippen LogP contribution in [0.15, 0.2) is 43.0 Å². The van der Waals surface area contributed by atoms with Gasteiger partial charge in [-0.05, 0) is 12.1 Å². The van der Waals surface area contributed by atoms with Crippen molar-refractivity contribution >= 4 is 11.6 Å². The number of carbonyl (C=O) groups excluding carboxylic acids is 1. The number of pyridine rings is 1. The Morgan fingerprint density at radius 1 is 1.38 bits per heavy atom. The SMILES string of the molecule is Cn1cc(O[C@@H]2COC[C@@H]2NC(=O)c2cn3ccccc3n2)cn1. The molecule has 0 spiro atoms. The van der Waals surface area contributed by atoms with E-state index in [9.17, 15) is 4.79 Å². The van der Waals surface area contributed by atoms with Gasteiger partial charge >= 0.3 is 0 Å². The van der Waals surface area contributed by atoms with Crippen LogP contribution >= 0.6 is 0 Å². The van der Waals surface area contributed by atoms with E-state index in [-0.39, 0.29) is 18.1 Å². The van der Waals surface area contributed by atoms with Crippen LogP contribution < -0.4 is 10.1 Å². The summed E-state index contributed by atoms with van der Waals surface area (Å²) in [6.07, 6.45) is 6.72. The van der Waals surface area contributed by atoms with Crippen LogP contribution in [0.2, 0.25) is 0 Å². The topological polar surface area (TPSA) is 82.7 Å². The maximum absolute atomic E-state index is 12.5. The van der Waals surface area contributed by atoms with Crippen molar-refractivity contribution in [2.75, 3.05) is 13.2 Å². The second-order valence-electron chi connectivity index (χ2n) is 5.72. The number of imidazole rings is 1. The largest absolute Gasteiger partial charge is 0.482 e. The minimum atomic E-state index is -0.254. The van der Waals surface area contributed by atoms with Crippen LogP contribution in [0.3, 0.4) is 0 Å². The number of rotatable bonds is 4. The molecular weight excluding hydrogens is 310 g/mol. The zero-order chi connectivity index (χ0) is 16.5. The minimum Gasteiger partial charge on any atom is -0.482 e. The standard InChI is InChI=1S/C16H17N5O3/c1-20-7-11(6-17-20)24-14-10-23-9-13(14)19-16(22)12-8-21-5-3-2-4-15(21)18-12/h2-8,13-14H,9-10H2,1H3,(H,19,22)/t13-,14+/m0/s1. The third-order valence-corrected chi connectivity index (χ3v) is 3.91.